The van der Waals surface area contributed by atoms with Crippen LogP contribution in [0.15, 0.2) is 0 Å². The molecule has 1 aliphatic carbocycles. The van der Waals surface area contributed by atoms with Gasteiger partial charge < -0.3 is 0 Å². The fourth-order valence-electron chi connectivity index (χ4n) is 4.98. The first-order valence-corrected chi connectivity index (χ1v) is 11.1. The van der Waals surface area contributed by atoms with Crippen molar-refractivity contribution < 1.29 is 0 Å². The van der Waals surface area contributed by atoms with Crippen LogP contribution in [0.4, 0.5) is 0 Å². The fourth-order valence-corrected chi connectivity index (χ4v) is 4.98. The molecule has 0 amide bonds. The van der Waals surface area contributed by atoms with Crippen molar-refractivity contribution in [1.29, 1.82) is 0 Å². The first-order valence-electron chi connectivity index (χ1n) is 11.1. The van der Waals surface area contributed by atoms with Crippen molar-refractivity contribution in [2.45, 2.75) is 125 Å². The molecule has 0 aromatic carbocycles. The van der Waals surface area contributed by atoms with Crippen LogP contribution in [-0.4, -0.2) is 0 Å². The summed E-state index contributed by atoms with van der Waals surface area (Å²) in [4.78, 5) is 0. The highest BCUT2D eigenvalue weighted by atomic mass is 14.4. The number of unbranched alkanes of at least 4 members (excludes halogenated alkanes) is 2. The Morgan fingerprint density at radius 1 is 0.783 bits per heavy atom. The minimum absolute atomic E-state index is 0.704. The molecule has 0 saturated heterocycles. The van der Waals surface area contributed by atoms with E-state index in [1.165, 1.54) is 77.0 Å². The van der Waals surface area contributed by atoms with Gasteiger partial charge >= 0.3 is 0 Å². The minimum Gasteiger partial charge on any atom is -0.0654 e. The lowest BCUT2D eigenvalue weighted by Gasteiger charge is -2.44. The molecule has 1 fully saturated rings. The van der Waals surface area contributed by atoms with E-state index in [2.05, 4.69) is 34.6 Å². The topological polar surface area (TPSA) is 0 Å². The Morgan fingerprint density at radius 3 is 1.57 bits per heavy atom. The van der Waals surface area contributed by atoms with E-state index < -0.39 is 0 Å². The van der Waals surface area contributed by atoms with E-state index >= 15 is 0 Å². The van der Waals surface area contributed by atoms with E-state index in [9.17, 15) is 0 Å². The van der Waals surface area contributed by atoms with Crippen LogP contribution in [0, 0.1) is 23.2 Å². The highest BCUT2D eigenvalue weighted by molar-refractivity contribution is 4.88. The van der Waals surface area contributed by atoms with E-state index in [-0.39, 0.29) is 0 Å². The van der Waals surface area contributed by atoms with Gasteiger partial charge in [0, 0.05) is 0 Å². The van der Waals surface area contributed by atoms with E-state index in [0.717, 1.165) is 17.8 Å². The molecule has 138 valence electrons. The Hall–Kier alpha value is 0. The maximum Gasteiger partial charge on any atom is -0.0292 e. The van der Waals surface area contributed by atoms with Crippen molar-refractivity contribution in [3.05, 3.63) is 0 Å². The molecule has 1 rings (SSSR count). The van der Waals surface area contributed by atoms with Crippen LogP contribution < -0.4 is 0 Å². The van der Waals surface area contributed by atoms with Gasteiger partial charge in [-0.3, -0.25) is 0 Å². The van der Waals surface area contributed by atoms with Gasteiger partial charge in [-0.05, 0) is 48.9 Å². The SMILES string of the molecule is CCCCC(CC)CC1(CC(CC)CCCC)CCC(C)CC1. The van der Waals surface area contributed by atoms with Gasteiger partial charge in [-0.25, -0.2) is 0 Å². The zero-order chi connectivity index (χ0) is 17.1. The molecule has 23 heavy (non-hydrogen) atoms. The third kappa shape index (κ3) is 7.61. The minimum atomic E-state index is 0.704. The zero-order valence-corrected chi connectivity index (χ0v) is 17.1. The summed E-state index contributed by atoms with van der Waals surface area (Å²) in [6.45, 7) is 12.1. The second-order valence-corrected chi connectivity index (χ2v) is 8.92. The summed E-state index contributed by atoms with van der Waals surface area (Å²) in [5.41, 5.74) is 0.704. The molecule has 0 radical (unpaired) electrons. The van der Waals surface area contributed by atoms with Crippen LogP contribution >= 0.6 is 0 Å². The summed E-state index contributed by atoms with van der Waals surface area (Å²) in [7, 11) is 0. The molecule has 0 heteroatoms. The summed E-state index contributed by atoms with van der Waals surface area (Å²) < 4.78 is 0. The Kier molecular flexibility index (Phi) is 10.6. The molecule has 0 N–H and O–H groups in total. The van der Waals surface area contributed by atoms with Gasteiger partial charge in [0.25, 0.3) is 0 Å². The Labute approximate surface area is 148 Å². The third-order valence-corrected chi connectivity index (χ3v) is 6.86. The molecule has 1 saturated carbocycles. The molecule has 0 heterocycles. The summed E-state index contributed by atoms with van der Waals surface area (Å²) in [6, 6.07) is 0. The molecule has 1 aliphatic rings. The lowest BCUT2D eigenvalue weighted by molar-refractivity contribution is 0.0768. The van der Waals surface area contributed by atoms with E-state index in [0.29, 0.717) is 5.41 Å². The number of hydrogen-bond donors (Lipinski definition) is 0. The summed E-state index contributed by atoms with van der Waals surface area (Å²) in [6.07, 6.45) is 20.5. The van der Waals surface area contributed by atoms with Crippen LogP contribution in [-0.2, 0) is 0 Å². The average Bonchev–Trinajstić information content (AvgIpc) is 2.58. The molecule has 0 aromatic rings. The number of hydrogen-bond acceptors (Lipinski definition) is 0. The Bertz CT molecular complexity index is 252. The largest absolute Gasteiger partial charge is 0.0654 e. The predicted molar refractivity (Wildman–Crippen MR) is 106 cm³/mol. The maximum atomic E-state index is 2.48. The van der Waals surface area contributed by atoms with Gasteiger partial charge in [-0.2, -0.15) is 0 Å². The standard InChI is InChI=1S/C23H46/c1-6-10-12-21(8-3)18-23(16-14-20(5)15-17-23)19-22(9-4)13-11-7-2/h20-22H,6-19H2,1-5H3. The van der Waals surface area contributed by atoms with Crippen molar-refractivity contribution in [3.63, 3.8) is 0 Å². The van der Waals surface area contributed by atoms with Crippen molar-refractivity contribution in [2.75, 3.05) is 0 Å². The summed E-state index contributed by atoms with van der Waals surface area (Å²) in [5.74, 6) is 2.97. The Balaban J connectivity index is 2.72. The van der Waals surface area contributed by atoms with Crippen molar-refractivity contribution in [2.24, 2.45) is 23.2 Å². The first-order chi connectivity index (χ1) is 11.1. The first kappa shape index (κ1) is 21.0. The highest BCUT2D eigenvalue weighted by Gasteiger charge is 2.37. The second kappa shape index (κ2) is 11.5. The van der Waals surface area contributed by atoms with E-state index in [1.807, 2.05) is 0 Å². The molecular weight excluding hydrogens is 276 g/mol. The lowest BCUT2D eigenvalue weighted by Crippen LogP contribution is -2.31. The number of rotatable bonds is 12. The average molecular weight is 323 g/mol. The van der Waals surface area contributed by atoms with Crippen LogP contribution in [0.25, 0.3) is 0 Å². The third-order valence-electron chi connectivity index (χ3n) is 6.86. The fraction of sp³-hybridized carbons (Fsp3) is 1.00. The predicted octanol–water partition coefficient (Wildman–Crippen LogP) is 8.40. The molecule has 2 unspecified atom stereocenters. The van der Waals surface area contributed by atoms with Crippen LogP contribution in [0.1, 0.15) is 125 Å². The zero-order valence-electron chi connectivity index (χ0n) is 17.1. The normalized spacial score (nSPS) is 27.8. The maximum absolute atomic E-state index is 2.48. The van der Waals surface area contributed by atoms with E-state index in [1.54, 1.807) is 12.8 Å². The van der Waals surface area contributed by atoms with Gasteiger partial charge in [0.2, 0.25) is 0 Å². The summed E-state index contributed by atoms with van der Waals surface area (Å²) >= 11 is 0. The highest BCUT2D eigenvalue weighted by Crippen LogP contribution is 2.49. The van der Waals surface area contributed by atoms with Gasteiger partial charge in [0.15, 0.2) is 0 Å². The molecule has 0 aliphatic heterocycles. The van der Waals surface area contributed by atoms with Gasteiger partial charge in [-0.15, -0.1) is 0 Å². The monoisotopic (exact) mass is 322 g/mol. The van der Waals surface area contributed by atoms with E-state index in [4.69, 9.17) is 0 Å². The van der Waals surface area contributed by atoms with Gasteiger partial charge in [0.05, 0.1) is 0 Å². The van der Waals surface area contributed by atoms with Crippen molar-refractivity contribution in [3.8, 4) is 0 Å². The quantitative estimate of drug-likeness (QED) is 0.338. The Morgan fingerprint density at radius 2 is 1.22 bits per heavy atom. The molecule has 2 atom stereocenters. The second-order valence-electron chi connectivity index (χ2n) is 8.92. The van der Waals surface area contributed by atoms with Gasteiger partial charge in [0.1, 0.15) is 0 Å². The molecule has 0 nitrogen and oxygen atoms in total. The van der Waals surface area contributed by atoms with Crippen LogP contribution in [0.5, 0.6) is 0 Å². The summed E-state index contributed by atoms with van der Waals surface area (Å²) in [5, 5.41) is 0. The molecule has 0 aromatic heterocycles. The molecule has 0 spiro atoms. The smallest absolute Gasteiger partial charge is 0.0292 e. The van der Waals surface area contributed by atoms with Gasteiger partial charge in [-0.1, -0.05) is 98.8 Å². The van der Waals surface area contributed by atoms with Crippen molar-refractivity contribution >= 4 is 0 Å². The molecule has 0 bridgehead atoms. The van der Waals surface area contributed by atoms with Crippen molar-refractivity contribution in [1.82, 2.24) is 0 Å². The lowest BCUT2D eigenvalue weighted by atomic mass is 9.62. The van der Waals surface area contributed by atoms with Crippen LogP contribution in [0.2, 0.25) is 0 Å². The van der Waals surface area contributed by atoms with Crippen LogP contribution in [0.3, 0.4) is 0 Å². The molecular formula is C23H46.